The SMILES string of the molecule is NS(=O)(=O)CCCNc1nccc(O)n1. The normalized spacial score (nSPS) is 11.3. The van der Waals surface area contributed by atoms with E-state index in [1.807, 2.05) is 0 Å². The molecule has 0 saturated heterocycles. The van der Waals surface area contributed by atoms with Gasteiger partial charge in [-0.2, -0.15) is 4.98 Å². The summed E-state index contributed by atoms with van der Waals surface area (Å²) in [7, 11) is -3.42. The largest absolute Gasteiger partial charge is 0.493 e. The lowest BCUT2D eigenvalue weighted by molar-refractivity contribution is 0.453. The van der Waals surface area contributed by atoms with E-state index in [9.17, 15) is 8.42 Å². The molecule has 1 aromatic heterocycles. The Morgan fingerprint density at radius 1 is 1.53 bits per heavy atom. The van der Waals surface area contributed by atoms with Crippen molar-refractivity contribution in [3.05, 3.63) is 12.3 Å². The highest BCUT2D eigenvalue weighted by atomic mass is 32.2. The molecule has 0 saturated carbocycles. The van der Waals surface area contributed by atoms with Crippen LogP contribution in [0, 0.1) is 0 Å². The average Bonchev–Trinajstić information content (AvgIpc) is 2.11. The number of anilines is 1. The van der Waals surface area contributed by atoms with Crippen LogP contribution in [0.4, 0.5) is 5.95 Å². The van der Waals surface area contributed by atoms with Gasteiger partial charge in [-0.25, -0.2) is 18.5 Å². The van der Waals surface area contributed by atoms with Crippen molar-refractivity contribution in [1.82, 2.24) is 9.97 Å². The van der Waals surface area contributed by atoms with Crippen LogP contribution in [-0.2, 0) is 10.0 Å². The summed E-state index contributed by atoms with van der Waals surface area (Å²) in [5.74, 6) is 0.0158. The number of rotatable bonds is 5. The fraction of sp³-hybridized carbons (Fsp3) is 0.429. The summed E-state index contributed by atoms with van der Waals surface area (Å²) in [5.41, 5.74) is 0. The first-order chi connectivity index (χ1) is 6.97. The second-order valence-electron chi connectivity index (χ2n) is 2.89. The molecule has 0 unspecified atom stereocenters. The van der Waals surface area contributed by atoms with Crippen molar-refractivity contribution in [2.45, 2.75) is 6.42 Å². The molecule has 0 fully saturated rings. The van der Waals surface area contributed by atoms with Crippen LogP contribution in [0.25, 0.3) is 0 Å². The minimum absolute atomic E-state index is 0.0984. The number of hydrogen-bond donors (Lipinski definition) is 3. The topological polar surface area (TPSA) is 118 Å². The van der Waals surface area contributed by atoms with Crippen LogP contribution >= 0.6 is 0 Å². The molecule has 1 heterocycles. The molecule has 8 heteroatoms. The molecule has 0 aromatic carbocycles. The second-order valence-corrected chi connectivity index (χ2v) is 4.62. The van der Waals surface area contributed by atoms with Crippen LogP contribution in [0.5, 0.6) is 5.88 Å². The van der Waals surface area contributed by atoms with E-state index in [0.717, 1.165) is 0 Å². The molecule has 0 aliphatic carbocycles. The van der Waals surface area contributed by atoms with Gasteiger partial charge in [-0.15, -0.1) is 0 Å². The van der Waals surface area contributed by atoms with Crippen molar-refractivity contribution >= 4 is 16.0 Å². The van der Waals surface area contributed by atoms with E-state index in [-0.39, 0.29) is 17.6 Å². The van der Waals surface area contributed by atoms with Crippen molar-refractivity contribution in [2.75, 3.05) is 17.6 Å². The van der Waals surface area contributed by atoms with Crippen LogP contribution in [0.15, 0.2) is 12.3 Å². The maximum atomic E-state index is 10.6. The van der Waals surface area contributed by atoms with Gasteiger partial charge in [0.25, 0.3) is 0 Å². The summed E-state index contributed by atoms with van der Waals surface area (Å²) < 4.78 is 21.2. The Kier molecular flexibility index (Phi) is 3.81. The summed E-state index contributed by atoms with van der Waals surface area (Å²) >= 11 is 0. The fourth-order valence-corrected chi connectivity index (χ4v) is 1.45. The lowest BCUT2D eigenvalue weighted by Gasteiger charge is -2.03. The number of sulfonamides is 1. The van der Waals surface area contributed by atoms with Crippen LogP contribution in [0.1, 0.15) is 6.42 Å². The monoisotopic (exact) mass is 232 g/mol. The molecule has 0 bridgehead atoms. The highest BCUT2D eigenvalue weighted by Crippen LogP contribution is 2.04. The fourth-order valence-electron chi connectivity index (χ4n) is 0.908. The summed E-state index contributed by atoms with van der Waals surface area (Å²) in [5, 5.41) is 16.6. The summed E-state index contributed by atoms with van der Waals surface area (Å²) in [6, 6.07) is 1.34. The van der Waals surface area contributed by atoms with E-state index in [4.69, 9.17) is 10.2 Å². The first-order valence-corrected chi connectivity index (χ1v) is 5.95. The van der Waals surface area contributed by atoms with Crippen molar-refractivity contribution in [3.8, 4) is 5.88 Å². The van der Waals surface area contributed by atoms with Crippen LogP contribution < -0.4 is 10.5 Å². The highest BCUT2D eigenvalue weighted by molar-refractivity contribution is 7.89. The zero-order valence-corrected chi connectivity index (χ0v) is 8.74. The van der Waals surface area contributed by atoms with E-state index < -0.39 is 10.0 Å². The third kappa shape index (κ3) is 5.13. The van der Waals surface area contributed by atoms with E-state index in [0.29, 0.717) is 13.0 Å². The minimum Gasteiger partial charge on any atom is -0.493 e. The Morgan fingerprint density at radius 3 is 2.87 bits per heavy atom. The zero-order chi connectivity index (χ0) is 11.3. The molecule has 0 radical (unpaired) electrons. The molecule has 0 aliphatic heterocycles. The molecule has 7 nitrogen and oxygen atoms in total. The molecule has 1 aromatic rings. The Hall–Kier alpha value is -1.41. The molecule has 15 heavy (non-hydrogen) atoms. The second kappa shape index (κ2) is 4.89. The van der Waals surface area contributed by atoms with Crippen molar-refractivity contribution in [1.29, 1.82) is 0 Å². The Morgan fingerprint density at radius 2 is 2.27 bits per heavy atom. The predicted molar refractivity (Wildman–Crippen MR) is 54.8 cm³/mol. The lowest BCUT2D eigenvalue weighted by atomic mass is 10.5. The molecule has 0 spiro atoms. The van der Waals surface area contributed by atoms with Crippen molar-refractivity contribution in [2.24, 2.45) is 5.14 Å². The Labute approximate surface area is 87.4 Å². The van der Waals surface area contributed by atoms with Gasteiger partial charge >= 0.3 is 0 Å². The van der Waals surface area contributed by atoms with Gasteiger partial charge in [0.2, 0.25) is 21.9 Å². The third-order valence-electron chi connectivity index (χ3n) is 1.53. The maximum Gasteiger partial charge on any atom is 0.225 e. The molecular formula is C7H12N4O3S. The van der Waals surface area contributed by atoms with Crippen LogP contribution in [-0.4, -0.2) is 35.8 Å². The molecule has 4 N–H and O–H groups in total. The first kappa shape index (κ1) is 11.7. The van der Waals surface area contributed by atoms with E-state index >= 15 is 0 Å². The molecule has 0 amide bonds. The summed E-state index contributed by atoms with van der Waals surface area (Å²) in [4.78, 5) is 7.47. The molecule has 0 atom stereocenters. The third-order valence-corrected chi connectivity index (χ3v) is 2.39. The Bertz CT molecular complexity index is 420. The molecule has 84 valence electrons. The van der Waals surface area contributed by atoms with Gasteiger partial charge in [-0.05, 0) is 6.42 Å². The summed E-state index contributed by atoms with van der Waals surface area (Å²) in [6.07, 6.45) is 1.75. The van der Waals surface area contributed by atoms with Gasteiger partial charge in [-0.3, -0.25) is 0 Å². The number of primary sulfonamides is 1. The van der Waals surface area contributed by atoms with Gasteiger partial charge in [-0.1, -0.05) is 0 Å². The zero-order valence-electron chi connectivity index (χ0n) is 7.92. The summed E-state index contributed by atoms with van der Waals surface area (Å²) in [6.45, 7) is 0.375. The number of aromatic hydroxyl groups is 1. The van der Waals surface area contributed by atoms with Gasteiger partial charge in [0.05, 0.1) is 5.75 Å². The predicted octanol–water partition coefficient (Wildman–Crippen LogP) is -0.727. The standard InChI is InChI=1S/C7H12N4O3S/c8-15(13,14)5-1-3-9-7-10-4-2-6(12)11-7/h2,4H,1,3,5H2,(H2,8,13,14)(H2,9,10,11,12). The van der Waals surface area contributed by atoms with E-state index in [1.165, 1.54) is 12.3 Å². The number of aromatic nitrogens is 2. The van der Waals surface area contributed by atoms with Gasteiger partial charge in [0.15, 0.2) is 0 Å². The number of nitrogens with two attached hydrogens (primary N) is 1. The average molecular weight is 232 g/mol. The van der Waals surface area contributed by atoms with Gasteiger partial charge in [0.1, 0.15) is 0 Å². The highest BCUT2D eigenvalue weighted by Gasteiger charge is 2.02. The number of hydrogen-bond acceptors (Lipinski definition) is 6. The van der Waals surface area contributed by atoms with Gasteiger partial charge < -0.3 is 10.4 Å². The number of nitrogens with zero attached hydrogens (tertiary/aromatic N) is 2. The molecule has 1 rings (SSSR count). The lowest BCUT2D eigenvalue weighted by Crippen LogP contribution is -2.19. The maximum absolute atomic E-state index is 10.6. The minimum atomic E-state index is -3.42. The number of nitrogens with one attached hydrogen (secondary N) is 1. The van der Waals surface area contributed by atoms with Crippen LogP contribution in [0.3, 0.4) is 0 Å². The van der Waals surface area contributed by atoms with E-state index in [2.05, 4.69) is 15.3 Å². The first-order valence-electron chi connectivity index (χ1n) is 4.24. The van der Waals surface area contributed by atoms with Crippen molar-refractivity contribution in [3.63, 3.8) is 0 Å². The molecule has 0 aliphatic rings. The van der Waals surface area contributed by atoms with Gasteiger partial charge in [0, 0.05) is 18.8 Å². The van der Waals surface area contributed by atoms with E-state index in [1.54, 1.807) is 0 Å². The Balaban J connectivity index is 2.32. The van der Waals surface area contributed by atoms with Crippen molar-refractivity contribution < 1.29 is 13.5 Å². The smallest absolute Gasteiger partial charge is 0.225 e. The quantitative estimate of drug-likeness (QED) is 0.576. The van der Waals surface area contributed by atoms with Crippen LogP contribution in [0.2, 0.25) is 0 Å². The molecular weight excluding hydrogens is 220 g/mol.